The highest BCUT2D eigenvalue weighted by Crippen LogP contribution is 2.61. The van der Waals surface area contributed by atoms with Gasteiger partial charge in [0.25, 0.3) is 11.8 Å². The molecular formula is C54H52Br2F8N8O14P2. The second-order valence-electron chi connectivity index (χ2n) is 19.2. The van der Waals surface area contributed by atoms with Gasteiger partial charge in [0.1, 0.15) is 24.7 Å². The highest BCUT2D eigenvalue weighted by atomic mass is 79.9. The molecule has 6 aromatic rings. The Morgan fingerprint density at radius 2 is 0.909 bits per heavy atom. The van der Waals surface area contributed by atoms with Gasteiger partial charge in [-0.15, -0.1) is 0 Å². The Morgan fingerprint density at radius 1 is 0.545 bits per heavy atom. The van der Waals surface area contributed by atoms with E-state index in [0.717, 1.165) is 24.3 Å². The standard InChI is InChI=1S/C27H27Br2F4N4O7P.C27H25F4N4O7P/c1-36(2)27(38)17-4-3-5-18(13-17)44-21-12-16(6-7-20(21)37(39)40)14-42-26-24(32)22(30)19(23(31)25(26)33)15-43-45(41,34-10-8-28)35-11-9-29;1-32(2)27(36)17-4-3-5-18(13-17)42-21-12-16(6-7-20(21)35(37)38)14-40-26-24(30)22(28)19(23(29)25(26)31)15-41-43(39,33-8-9-33)34-10-11-34/h3-7,12-13H,8-11,14-15H2,1-2H3,(H2,34,35,41);3-7,12-13H,8-11,14-15H2,1-2H3. The van der Waals surface area contributed by atoms with Crippen LogP contribution in [0.3, 0.4) is 0 Å². The zero-order chi connectivity index (χ0) is 64.4. The maximum absolute atomic E-state index is 14.9. The van der Waals surface area contributed by atoms with E-state index in [1.54, 1.807) is 28.2 Å². The normalized spacial score (nSPS) is 13.1. The highest BCUT2D eigenvalue weighted by Gasteiger charge is 2.49. The molecule has 2 aliphatic heterocycles. The summed E-state index contributed by atoms with van der Waals surface area (Å²) in [6.07, 6.45) is 0. The summed E-state index contributed by atoms with van der Waals surface area (Å²) in [4.78, 5) is 48.9. The van der Waals surface area contributed by atoms with Crippen LogP contribution in [0.25, 0.3) is 0 Å². The number of nitro benzene ring substituents is 2. The molecule has 22 nitrogen and oxygen atoms in total. The Balaban J connectivity index is 0.000000251. The molecule has 2 saturated heterocycles. The van der Waals surface area contributed by atoms with E-state index in [2.05, 4.69) is 42.0 Å². The second-order valence-corrected chi connectivity index (χ2v) is 25.1. The van der Waals surface area contributed by atoms with E-state index < -0.39 is 132 Å². The minimum atomic E-state index is -3.85. The quantitative estimate of drug-likeness (QED) is 0.00881. The van der Waals surface area contributed by atoms with Gasteiger partial charge in [-0.05, 0) is 71.8 Å². The fourth-order valence-corrected chi connectivity index (χ4v) is 12.4. The molecule has 0 spiro atoms. The first-order chi connectivity index (χ1) is 41.7. The van der Waals surface area contributed by atoms with Crippen LogP contribution in [-0.4, -0.2) is 119 Å². The summed E-state index contributed by atoms with van der Waals surface area (Å²) in [5.74, 6) is -18.4. The van der Waals surface area contributed by atoms with E-state index in [-0.39, 0.29) is 70.2 Å². The molecule has 34 heteroatoms. The molecule has 0 aliphatic carbocycles. The van der Waals surface area contributed by atoms with Gasteiger partial charge < -0.3 is 37.8 Å². The van der Waals surface area contributed by atoms with Crippen LogP contribution in [0.4, 0.5) is 46.5 Å². The highest BCUT2D eigenvalue weighted by molar-refractivity contribution is 9.09. The van der Waals surface area contributed by atoms with E-state index in [9.17, 15) is 74.1 Å². The van der Waals surface area contributed by atoms with Gasteiger partial charge in [0, 0.05) is 101 Å². The van der Waals surface area contributed by atoms with Crippen LogP contribution in [0.1, 0.15) is 43.0 Å². The van der Waals surface area contributed by atoms with E-state index in [4.69, 9.17) is 28.0 Å². The van der Waals surface area contributed by atoms with Crippen molar-refractivity contribution in [1.29, 1.82) is 0 Å². The van der Waals surface area contributed by atoms with E-state index >= 15 is 0 Å². The van der Waals surface area contributed by atoms with Crippen molar-refractivity contribution in [1.82, 2.24) is 29.3 Å². The van der Waals surface area contributed by atoms with Crippen molar-refractivity contribution in [3.05, 3.63) is 185 Å². The van der Waals surface area contributed by atoms with Crippen molar-refractivity contribution in [2.24, 2.45) is 0 Å². The maximum Gasteiger partial charge on any atom is 0.346 e. The van der Waals surface area contributed by atoms with Crippen molar-refractivity contribution in [2.45, 2.75) is 26.4 Å². The van der Waals surface area contributed by atoms with Gasteiger partial charge in [-0.1, -0.05) is 44.0 Å². The molecule has 0 aromatic heterocycles. The number of nitrogens with zero attached hydrogens (tertiary/aromatic N) is 6. The molecule has 472 valence electrons. The summed E-state index contributed by atoms with van der Waals surface area (Å²) in [6, 6.07) is 18.5. The van der Waals surface area contributed by atoms with Crippen molar-refractivity contribution in [3.8, 4) is 34.5 Å². The first kappa shape index (κ1) is 68.4. The minimum Gasteiger partial charge on any atom is -0.483 e. The molecule has 2 heterocycles. The SMILES string of the molecule is CN(C)C(=O)c1cccc(Oc2cc(COc3c(F)c(F)c(COP(=O)(N4CC4)N4CC4)c(F)c3F)ccc2[N+](=O)[O-])c1.CN(C)C(=O)c1cccc(Oc2cc(COc3c(F)c(F)c(COP(=O)(NCCBr)NCCBr)c(F)c3F)ccc2[N+](=O)[O-])c1. The van der Waals surface area contributed by atoms with E-state index in [0.29, 0.717) is 36.8 Å². The Hall–Kier alpha value is -7.12. The molecule has 0 unspecified atom stereocenters. The molecule has 2 fully saturated rings. The van der Waals surface area contributed by atoms with Crippen LogP contribution in [0, 0.1) is 66.8 Å². The number of nitro groups is 2. The Labute approximate surface area is 513 Å². The summed E-state index contributed by atoms with van der Waals surface area (Å²) in [7, 11) is -1.18. The fourth-order valence-electron chi connectivity index (χ4n) is 7.82. The number of carbonyl (C=O) groups excluding carboxylic acids is 2. The molecule has 0 saturated carbocycles. The van der Waals surface area contributed by atoms with Crippen molar-refractivity contribution < 1.29 is 91.7 Å². The maximum atomic E-state index is 14.9. The number of alkyl halides is 2. The van der Waals surface area contributed by atoms with Crippen molar-refractivity contribution in [3.63, 3.8) is 0 Å². The lowest BCUT2D eigenvalue weighted by molar-refractivity contribution is -0.385. The molecule has 0 radical (unpaired) electrons. The number of halogens is 10. The predicted molar refractivity (Wildman–Crippen MR) is 308 cm³/mol. The lowest BCUT2D eigenvalue weighted by atomic mass is 10.1. The van der Waals surface area contributed by atoms with E-state index in [1.807, 2.05) is 0 Å². The third-order valence-corrected chi connectivity index (χ3v) is 17.7. The van der Waals surface area contributed by atoms with Crippen molar-refractivity contribution >= 4 is 70.4 Å². The first-order valence-corrected chi connectivity index (χ1v) is 31.2. The summed E-state index contributed by atoms with van der Waals surface area (Å²) in [5, 5.41) is 29.0. The summed E-state index contributed by atoms with van der Waals surface area (Å²) in [5.41, 5.74) is -2.48. The second kappa shape index (κ2) is 29.9. The zero-order valence-corrected chi connectivity index (χ0v) is 51.6. The van der Waals surface area contributed by atoms with Crippen LogP contribution in [0.5, 0.6) is 34.5 Å². The number of ether oxygens (including phenoxy) is 4. The van der Waals surface area contributed by atoms with Gasteiger partial charge >= 0.3 is 26.7 Å². The van der Waals surface area contributed by atoms with Crippen LogP contribution in [0.15, 0.2) is 84.9 Å². The van der Waals surface area contributed by atoms with Crippen LogP contribution in [0.2, 0.25) is 0 Å². The number of amides is 2. The van der Waals surface area contributed by atoms with Crippen LogP contribution >= 0.6 is 47.2 Å². The monoisotopic (exact) mass is 1410 g/mol. The molecule has 0 atom stereocenters. The zero-order valence-electron chi connectivity index (χ0n) is 46.6. The van der Waals surface area contributed by atoms with Gasteiger partial charge in [0.15, 0.2) is 34.8 Å². The number of carbonyl (C=O) groups is 2. The lowest BCUT2D eigenvalue weighted by Crippen LogP contribution is -2.27. The predicted octanol–water partition coefficient (Wildman–Crippen LogP) is 12.3. The molecule has 88 heavy (non-hydrogen) atoms. The molecule has 2 amide bonds. The molecular weight excluding hydrogens is 1360 g/mol. The van der Waals surface area contributed by atoms with Crippen molar-refractivity contribution in [2.75, 3.05) is 78.1 Å². The average molecular weight is 1410 g/mol. The smallest absolute Gasteiger partial charge is 0.346 e. The third kappa shape index (κ3) is 16.8. The Morgan fingerprint density at radius 3 is 1.24 bits per heavy atom. The third-order valence-electron chi connectivity index (χ3n) is 12.4. The van der Waals surface area contributed by atoms with Crippen LogP contribution < -0.4 is 29.1 Å². The Kier molecular flexibility index (Phi) is 23.2. The number of hydrogen-bond acceptors (Lipinski definition) is 14. The largest absolute Gasteiger partial charge is 0.483 e. The number of benzene rings is 6. The van der Waals surface area contributed by atoms with Gasteiger partial charge in [-0.2, -0.15) is 17.6 Å². The number of nitrogens with one attached hydrogen (secondary N) is 2. The lowest BCUT2D eigenvalue weighted by Gasteiger charge is -2.20. The molecule has 0 bridgehead atoms. The summed E-state index contributed by atoms with van der Waals surface area (Å²) >= 11 is 6.26. The van der Waals surface area contributed by atoms with Gasteiger partial charge in [0.2, 0.25) is 34.8 Å². The fraction of sp³-hybridized carbons (Fsp3) is 0.296. The number of hydrogen-bond donors (Lipinski definition) is 2. The summed E-state index contributed by atoms with van der Waals surface area (Å²) < 4.78 is 180. The Bertz CT molecular complexity index is 3640. The molecule has 2 aliphatic rings. The summed E-state index contributed by atoms with van der Waals surface area (Å²) in [6.45, 7) is -1.25. The molecule has 6 aromatic carbocycles. The van der Waals surface area contributed by atoms with Gasteiger partial charge in [-0.25, -0.2) is 37.1 Å². The molecule has 2 N–H and O–H groups in total. The molecule has 8 rings (SSSR count). The number of rotatable bonds is 28. The average Bonchev–Trinajstić information content (AvgIpc) is 1.90. The van der Waals surface area contributed by atoms with E-state index in [1.165, 1.54) is 79.8 Å². The first-order valence-electron chi connectivity index (χ1n) is 25.8. The van der Waals surface area contributed by atoms with Gasteiger partial charge in [0.05, 0.1) is 34.2 Å². The topological polar surface area (TPSA) is 246 Å². The van der Waals surface area contributed by atoms with Crippen LogP contribution in [-0.2, 0) is 44.6 Å². The minimum absolute atomic E-state index is 0.0808. The van der Waals surface area contributed by atoms with Gasteiger partial charge in [-0.3, -0.25) is 38.9 Å².